The number of hydrogen-bond donors (Lipinski definition) is 1. The van der Waals surface area contributed by atoms with E-state index in [-0.39, 0.29) is 5.91 Å². The highest BCUT2D eigenvalue weighted by atomic mass is 35.5. The Kier molecular flexibility index (Phi) is 4.95. The molecule has 1 unspecified atom stereocenters. The van der Waals surface area contributed by atoms with Gasteiger partial charge in [-0.1, -0.05) is 29.8 Å². The Balaban J connectivity index is 1.86. The molecule has 1 N–H and O–H groups in total. The molecule has 3 rings (SSSR count). The standard InChI is InChI=1S/C18H24ClNO3/c1-20(12-16(21)13-6-7-13)17(22)18(8-10-23-11-9-18)14-4-2-3-5-15(14)19/h2-5,13,16,21H,6-12H2,1H3. The summed E-state index contributed by atoms with van der Waals surface area (Å²) in [5.74, 6) is 0.393. The number of carbonyl (C=O) groups excluding carboxylic acids is 1. The van der Waals surface area contributed by atoms with Gasteiger partial charge in [0.15, 0.2) is 0 Å². The van der Waals surface area contributed by atoms with Crippen molar-refractivity contribution in [2.45, 2.75) is 37.2 Å². The third-order valence-corrected chi connectivity index (χ3v) is 5.45. The van der Waals surface area contributed by atoms with Crippen LogP contribution in [0.5, 0.6) is 0 Å². The smallest absolute Gasteiger partial charge is 0.233 e. The molecule has 126 valence electrons. The molecule has 2 aliphatic rings. The minimum Gasteiger partial charge on any atom is -0.391 e. The van der Waals surface area contributed by atoms with E-state index >= 15 is 0 Å². The Morgan fingerprint density at radius 2 is 2.04 bits per heavy atom. The number of nitrogens with zero attached hydrogens (tertiary/aromatic N) is 1. The average molecular weight is 338 g/mol. The number of rotatable bonds is 5. The van der Waals surface area contributed by atoms with E-state index in [0.717, 1.165) is 18.4 Å². The monoisotopic (exact) mass is 337 g/mol. The van der Waals surface area contributed by atoms with Crippen LogP contribution in [0.15, 0.2) is 24.3 Å². The van der Waals surface area contributed by atoms with Gasteiger partial charge in [0.25, 0.3) is 0 Å². The second-order valence-corrected chi connectivity index (χ2v) is 7.17. The molecule has 1 aromatic carbocycles. The van der Waals surface area contributed by atoms with Crippen molar-refractivity contribution in [3.8, 4) is 0 Å². The quantitative estimate of drug-likeness (QED) is 0.898. The van der Waals surface area contributed by atoms with Crippen LogP contribution in [0, 0.1) is 5.92 Å². The van der Waals surface area contributed by atoms with Crippen molar-refractivity contribution in [2.24, 2.45) is 5.92 Å². The maximum Gasteiger partial charge on any atom is 0.233 e. The van der Waals surface area contributed by atoms with E-state index in [1.807, 2.05) is 24.3 Å². The minimum absolute atomic E-state index is 0.0357. The van der Waals surface area contributed by atoms with Crippen LogP contribution in [0.25, 0.3) is 0 Å². The lowest BCUT2D eigenvalue weighted by Crippen LogP contribution is -2.50. The second kappa shape index (κ2) is 6.80. The van der Waals surface area contributed by atoms with Crippen molar-refractivity contribution < 1.29 is 14.6 Å². The van der Waals surface area contributed by atoms with Gasteiger partial charge in [-0.15, -0.1) is 0 Å². The zero-order valence-corrected chi connectivity index (χ0v) is 14.3. The highest BCUT2D eigenvalue weighted by molar-refractivity contribution is 6.31. The van der Waals surface area contributed by atoms with Crippen molar-refractivity contribution in [1.82, 2.24) is 4.90 Å². The largest absolute Gasteiger partial charge is 0.391 e. The molecular formula is C18H24ClNO3. The molecular weight excluding hydrogens is 314 g/mol. The molecule has 0 aromatic heterocycles. The van der Waals surface area contributed by atoms with Gasteiger partial charge in [-0.3, -0.25) is 4.79 Å². The lowest BCUT2D eigenvalue weighted by atomic mass is 9.73. The van der Waals surface area contributed by atoms with Crippen LogP contribution in [0.4, 0.5) is 0 Å². The summed E-state index contributed by atoms with van der Waals surface area (Å²) in [6, 6.07) is 7.58. The Bertz CT molecular complexity index is 567. The summed E-state index contributed by atoms with van der Waals surface area (Å²) >= 11 is 6.40. The molecule has 1 aliphatic heterocycles. The summed E-state index contributed by atoms with van der Waals surface area (Å²) in [6.45, 7) is 1.49. The van der Waals surface area contributed by atoms with Crippen molar-refractivity contribution in [3.05, 3.63) is 34.9 Å². The van der Waals surface area contributed by atoms with E-state index < -0.39 is 11.5 Å². The van der Waals surface area contributed by atoms with Crippen LogP contribution < -0.4 is 0 Å². The summed E-state index contributed by atoms with van der Waals surface area (Å²) in [6.07, 6.45) is 2.95. The molecule has 0 spiro atoms. The highest BCUT2D eigenvalue weighted by Gasteiger charge is 2.45. The number of halogens is 1. The molecule has 1 aliphatic carbocycles. The number of benzene rings is 1. The first-order valence-electron chi connectivity index (χ1n) is 8.31. The number of hydrogen-bond acceptors (Lipinski definition) is 3. The first-order valence-corrected chi connectivity index (χ1v) is 8.69. The van der Waals surface area contributed by atoms with Crippen molar-refractivity contribution in [1.29, 1.82) is 0 Å². The van der Waals surface area contributed by atoms with Gasteiger partial charge >= 0.3 is 0 Å². The van der Waals surface area contributed by atoms with E-state index in [9.17, 15) is 9.90 Å². The van der Waals surface area contributed by atoms with Gasteiger partial charge in [0.1, 0.15) is 0 Å². The Labute approximate surface area is 142 Å². The lowest BCUT2D eigenvalue weighted by molar-refractivity contribution is -0.141. The summed E-state index contributed by atoms with van der Waals surface area (Å²) < 4.78 is 5.48. The topological polar surface area (TPSA) is 49.8 Å². The van der Waals surface area contributed by atoms with Crippen LogP contribution >= 0.6 is 11.6 Å². The number of ether oxygens (including phenoxy) is 1. The summed E-state index contributed by atoms with van der Waals surface area (Å²) in [5.41, 5.74) is 0.233. The molecule has 1 amide bonds. The molecule has 0 bridgehead atoms. The first kappa shape index (κ1) is 16.7. The number of amides is 1. The molecule has 1 saturated carbocycles. The van der Waals surface area contributed by atoms with Crippen LogP contribution in [-0.4, -0.2) is 48.8 Å². The van der Waals surface area contributed by atoms with Crippen LogP contribution in [0.1, 0.15) is 31.2 Å². The predicted octanol–water partition coefficient (Wildman–Crippen LogP) is 2.62. The predicted molar refractivity (Wildman–Crippen MR) is 89.6 cm³/mol. The van der Waals surface area contributed by atoms with E-state index in [1.165, 1.54) is 0 Å². The van der Waals surface area contributed by atoms with Crippen molar-refractivity contribution in [3.63, 3.8) is 0 Å². The van der Waals surface area contributed by atoms with E-state index in [2.05, 4.69) is 0 Å². The van der Waals surface area contributed by atoms with Gasteiger partial charge in [-0.2, -0.15) is 0 Å². The third kappa shape index (κ3) is 3.39. The van der Waals surface area contributed by atoms with E-state index in [0.29, 0.717) is 43.5 Å². The van der Waals surface area contributed by atoms with Crippen molar-refractivity contribution in [2.75, 3.05) is 26.8 Å². The number of likely N-dealkylation sites (N-methyl/N-ethyl adjacent to an activating group) is 1. The van der Waals surface area contributed by atoms with Crippen LogP contribution in [0.2, 0.25) is 5.02 Å². The maximum atomic E-state index is 13.3. The maximum absolute atomic E-state index is 13.3. The Morgan fingerprint density at radius 1 is 1.39 bits per heavy atom. The molecule has 0 radical (unpaired) electrons. The number of aliphatic hydroxyl groups excluding tert-OH is 1. The average Bonchev–Trinajstić information content (AvgIpc) is 3.40. The molecule has 1 heterocycles. The Hall–Kier alpha value is -1.10. The lowest BCUT2D eigenvalue weighted by Gasteiger charge is -2.40. The summed E-state index contributed by atoms with van der Waals surface area (Å²) in [7, 11) is 1.78. The van der Waals surface area contributed by atoms with Gasteiger partial charge in [0.2, 0.25) is 5.91 Å². The molecule has 2 fully saturated rings. The molecule has 5 heteroatoms. The summed E-state index contributed by atoms with van der Waals surface area (Å²) in [4.78, 5) is 14.9. The zero-order chi connectivity index (χ0) is 16.4. The molecule has 1 saturated heterocycles. The highest BCUT2D eigenvalue weighted by Crippen LogP contribution is 2.40. The van der Waals surface area contributed by atoms with E-state index in [1.54, 1.807) is 11.9 Å². The van der Waals surface area contributed by atoms with Crippen molar-refractivity contribution >= 4 is 17.5 Å². The fourth-order valence-electron chi connectivity index (χ4n) is 3.53. The van der Waals surface area contributed by atoms with Crippen LogP contribution in [0.3, 0.4) is 0 Å². The van der Waals surface area contributed by atoms with Crippen LogP contribution in [-0.2, 0) is 14.9 Å². The zero-order valence-electron chi connectivity index (χ0n) is 13.5. The van der Waals surface area contributed by atoms with Gasteiger partial charge in [-0.05, 0) is 43.2 Å². The number of carbonyl (C=O) groups is 1. The van der Waals surface area contributed by atoms with Gasteiger partial charge in [0, 0.05) is 31.8 Å². The van der Waals surface area contributed by atoms with Gasteiger partial charge < -0.3 is 14.7 Å². The molecule has 1 atom stereocenters. The second-order valence-electron chi connectivity index (χ2n) is 6.76. The molecule has 4 nitrogen and oxygen atoms in total. The van der Waals surface area contributed by atoms with Gasteiger partial charge in [-0.25, -0.2) is 0 Å². The summed E-state index contributed by atoms with van der Waals surface area (Å²) in [5, 5.41) is 10.8. The molecule has 23 heavy (non-hydrogen) atoms. The Morgan fingerprint density at radius 3 is 2.65 bits per heavy atom. The number of aliphatic hydroxyl groups is 1. The third-order valence-electron chi connectivity index (χ3n) is 5.12. The molecule has 1 aromatic rings. The normalized spacial score (nSPS) is 21.7. The fourth-order valence-corrected chi connectivity index (χ4v) is 3.84. The fraction of sp³-hybridized carbons (Fsp3) is 0.611. The first-order chi connectivity index (χ1) is 11.0. The van der Waals surface area contributed by atoms with E-state index in [4.69, 9.17) is 16.3 Å². The minimum atomic E-state index is -0.644. The SMILES string of the molecule is CN(CC(O)C1CC1)C(=O)C1(c2ccccc2Cl)CCOCC1. The van der Waals surface area contributed by atoms with Gasteiger partial charge in [0.05, 0.1) is 11.5 Å².